The molecule has 4 N–H and O–H groups in total. The van der Waals surface area contributed by atoms with Gasteiger partial charge in [0, 0.05) is 11.3 Å². The number of nitrogen functional groups attached to an aromatic ring is 1. The lowest BCUT2D eigenvalue weighted by Gasteiger charge is -2.34. The van der Waals surface area contributed by atoms with Gasteiger partial charge in [0.1, 0.15) is 0 Å². The average molecular weight is 260 g/mol. The van der Waals surface area contributed by atoms with Gasteiger partial charge in [-0.3, -0.25) is 0 Å². The van der Waals surface area contributed by atoms with Crippen LogP contribution in [0.3, 0.4) is 0 Å². The summed E-state index contributed by atoms with van der Waals surface area (Å²) in [5.74, 6) is 0. The molecule has 100 valence electrons. The predicted molar refractivity (Wildman–Crippen MR) is 61.9 cm³/mol. The minimum absolute atomic E-state index is 0.179. The molecule has 1 aromatic carbocycles. The highest BCUT2D eigenvalue weighted by atomic mass is 19.4. The molecule has 0 aliphatic carbocycles. The second-order valence-corrected chi connectivity index (χ2v) is 4.58. The van der Waals surface area contributed by atoms with Crippen molar-refractivity contribution in [2.24, 2.45) is 0 Å². The molecule has 2 rings (SSSR count). The average Bonchev–Trinajstić information content (AvgIpc) is 2.28. The lowest BCUT2D eigenvalue weighted by atomic mass is 9.83. The summed E-state index contributed by atoms with van der Waals surface area (Å²) in [5, 5.41) is 13.5. The van der Waals surface area contributed by atoms with E-state index in [1.807, 2.05) is 0 Å². The molecule has 18 heavy (non-hydrogen) atoms. The van der Waals surface area contributed by atoms with Crippen LogP contribution in [0.1, 0.15) is 24.0 Å². The van der Waals surface area contributed by atoms with Gasteiger partial charge in [0.05, 0.1) is 11.2 Å². The molecule has 1 aliphatic rings. The van der Waals surface area contributed by atoms with E-state index in [0.29, 0.717) is 25.9 Å². The summed E-state index contributed by atoms with van der Waals surface area (Å²) in [6.07, 6.45) is -3.71. The van der Waals surface area contributed by atoms with Crippen LogP contribution in [0.25, 0.3) is 0 Å². The standard InChI is InChI=1S/C12H15F3N2O/c13-12(14,15)8-1-2-10(16)9(7-8)11(18)3-5-17-6-4-11/h1-2,7,17-18H,3-6,16H2. The molecule has 1 heterocycles. The lowest BCUT2D eigenvalue weighted by molar-refractivity contribution is -0.137. The van der Waals surface area contributed by atoms with Crippen LogP contribution >= 0.6 is 0 Å². The van der Waals surface area contributed by atoms with Crippen molar-refractivity contribution in [3.8, 4) is 0 Å². The monoisotopic (exact) mass is 260 g/mol. The largest absolute Gasteiger partial charge is 0.416 e. The third-order valence-electron chi connectivity index (χ3n) is 3.31. The van der Waals surface area contributed by atoms with E-state index in [4.69, 9.17) is 5.73 Å². The molecule has 1 aromatic rings. The Balaban J connectivity index is 2.43. The number of hydrogen-bond donors (Lipinski definition) is 3. The number of aliphatic hydroxyl groups is 1. The summed E-state index contributed by atoms with van der Waals surface area (Å²) >= 11 is 0. The molecule has 0 aromatic heterocycles. The van der Waals surface area contributed by atoms with E-state index in [1.54, 1.807) is 0 Å². The number of halogens is 3. The number of nitrogens with one attached hydrogen (secondary N) is 1. The first-order chi connectivity index (χ1) is 8.33. The van der Waals surface area contributed by atoms with Gasteiger partial charge in [0.15, 0.2) is 0 Å². The minimum atomic E-state index is -4.42. The normalized spacial score (nSPS) is 19.8. The van der Waals surface area contributed by atoms with Crippen molar-refractivity contribution in [3.63, 3.8) is 0 Å². The maximum Gasteiger partial charge on any atom is 0.416 e. The van der Waals surface area contributed by atoms with Gasteiger partial charge in [-0.2, -0.15) is 13.2 Å². The van der Waals surface area contributed by atoms with Crippen molar-refractivity contribution >= 4 is 5.69 Å². The molecule has 0 saturated carbocycles. The molecule has 1 saturated heterocycles. The van der Waals surface area contributed by atoms with Gasteiger partial charge in [-0.1, -0.05) is 0 Å². The Kier molecular flexibility index (Phi) is 3.25. The van der Waals surface area contributed by atoms with Crippen molar-refractivity contribution in [2.75, 3.05) is 18.8 Å². The van der Waals surface area contributed by atoms with Gasteiger partial charge in [0.25, 0.3) is 0 Å². The highest BCUT2D eigenvalue weighted by Gasteiger charge is 2.36. The molecular weight excluding hydrogens is 245 g/mol. The molecule has 1 aliphatic heterocycles. The van der Waals surface area contributed by atoms with Gasteiger partial charge in [-0.15, -0.1) is 0 Å². The minimum Gasteiger partial charge on any atom is -0.398 e. The molecule has 3 nitrogen and oxygen atoms in total. The Morgan fingerprint density at radius 3 is 2.39 bits per heavy atom. The van der Waals surface area contributed by atoms with E-state index >= 15 is 0 Å². The number of nitrogens with two attached hydrogens (primary N) is 1. The molecule has 0 bridgehead atoms. The Morgan fingerprint density at radius 2 is 1.83 bits per heavy atom. The van der Waals surface area contributed by atoms with Crippen molar-refractivity contribution in [1.82, 2.24) is 5.32 Å². The highest BCUT2D eigenvalue weighted by molar-refractivity contribution is 5.52. The summed E-state index contributed by atoms with van der Waals surface area (Å²) in [4.78, 5) is 0. The molecule has 0 amide bonds. The number of hydrogen-bond acceptors (Lipinski definition) is 3. The van der Waals surface area contributed by atoms with E-state index in [0.717, 1.165) is 12.1 Å². The van der Waals surface area contributed by atoms with Crippen LogP contribution in [-0.4, -0.2) is 18.2 Å². The van der Waals surface area contributed by atoms with Crippen molar-refractivity contribution in [2.45, 2.75) is 24.6 Å². The van der Waals surface area contributed by atoms with Gasteiger partial charge in [-0.05, 0) is 44.1 Å². The summed E-state index contributed by atoms with van der Waals surface area (Å²) < 4.78 is 38.0. The fourth-order valence-electron chi connectivity index (χ4n) is 2.25. The molecule has 0 atom stereocenters. The number of piperidine rings is 1. The zero-order valence-corrected chi connectivity index (χ0v) is 9.72. The Hall–Kier alpha value is -1.27. The van der Waals surface area contributed by atoms with Crippen LogP contribution in [0.5, 0.6) is 0 Å². The second-order valence-electron chi connectivity index (χ2n) is 4.58. The fraction of sp³-hybridized carbons (Fsp3) is 0.500. The maximum atomic E-state index is 12.7. The number of benzene rings is 1. The van der Waals surface area contributed by atoms with E-state index in [9.17, 15) is 18.3 Å². The summed E-state index contributed by atoms with van der Waals surface area (Å²) in [7, 11) is 0. The van der Waals surface area contributed by atoms with E-state index in [1.165, 1.54) is 6.07 Å². The van der Waals surface area contributed by atoms with Crippen LogP contribution in [0, 0.1) is 0 Å². The summed E-state index contributed by atoms with van der Waals surface area (Å²) in [5.41, 5.74) is 4.04. The van der Waals surface area contributed by atoms with E-state index in [2.05, 4.69) is 5.32 Å². The molecule has 0 spiro atoms. The van der Waals surface area contributed by atoms with E-state index in [-0.39, 0.29) is 11.3 Å². The highest BCUT2D eigenvalue weighted by Crippen LogP contribution is 2.38. The zero-order chi connectivity index (χ0) is 13.4. The van der Waals surface area contributed by atoms with Crippen LogP contribution in [0.15, 0.2) is 18.2 Å². The third kappa shape index (κ3) is 2.44. The van der Waals surface area contributed by atoms with Gasteiger partial charge in [-0.25, -0.2) is 0 Å². The lowest BCUT2D eigenvalue weighted by Crippen LogP contribution is -2.40. The van der Waals surface area contributed by atoms with Crippen molar-refractivity contribution in [3.05, 3.63) is 29.3 Å². The topological polar surface area (TPSA) is 58.3 Å². The molecular formula is C12H15F3N2O. The predicted octanol–water partition coefficient (Wildman–Crippen LogP) is 1.86. The maximum absolute atomic E-state index is 12.7. The van der Waals surface area contributed by atoms with Crippen LogP contribution < -0.4 is 11.1 Å². The number of anilines is 1. The number of rotatable bonds is 1. The quantitative estimate of drug-likeness (QED) is 0.675. The first-order valence-electron chi connectivity index (χ1n) is 5.73. The van der Waals surface area contributed by atoms with Crippen LogP contribution in [-0.2, 0) is 11.8 Å². The Labute approximate surface area is 103 Å². The Morgan fingerprint density at radius 1 is 1.22 bits per heavy atom. The smallest absolute Gasteiger partial charge is 0.398 e. The molecule has 1 fully saturated rings. The molecule has 0 radical (unpaired) electrons. The van der Waals surface area contributed by atoms with Crippen molar-refractivity contribution in [1.29, 1.82) is 0 Å². The van der Waals surface area contributed by atoms with Crippen LogP contribution in [0.4, 0.5) is 18.9 Å². The summed E-state index contributed by atoms with van der Waals surface area (Å²) in [6.45, 7) is 1.12. The first kappa shape index (κ1) is 13.2. The van der Waals surface area contributed by atoms with E-state index < -0.39 is 17.3 Å². The zero-order valence-electron chi connectivity index (χ0n) is 9.72. The van der Waals surface area contributed by atoms with Crippen molar-refractivity contribution < 1.29 is 18.3 Å². The fourth-order valence-corrected chi connectivity index (χ4v) is 2.25. The SMILES string of the molecule is Nc1ccc(C(F)(F)F)cc1C1(O)CCNCC1. The van der Waals surface area contributed by atoms with Gasteiger partial charge in [0.2, 0.25) is 0 Å². The molecule has 6 heteroatoms. The first-order valence-corrected chi connectivity index (χ1v) is 5.73. The number of alkyl halides is 3. The third-order valence-corrected chi connectivity index (χ3v) is 3.31. The van der Waals surface area contributed by atoms with Gasteiger partial charge < -0.3 is 16.2 Å². The van der Waals surface area contributed by atoms with Gasteiger partial charge >= 0.3 is 6.18 Å². The Bertz CT molecular complexity index is 439. The summed E-state index contributed by atoms with van der Waals surface area (Å²) in [6, 6.07) is 3.10. The van der Waals surface area contributed by atoms with Crippen LogP contribution in [0.2, 0.25) is 0 Å². The second kappa shape index (κ2) is 4.44. The molecule has 0 unspecified atom stereocenters.